The first-order valence-corrected chi connectivity index (χ1v) is 5.43. The maximum Gasteiger partial charge on any atom is 0.270 e. The van der Waals surface area contributed by atoms with E-state index in [-0.39, 0.29) is 11.3 Å². The van der Waals surface area contributed by atoms with Crippen molar-refractivity contribution in [3.8, 4) is 12.3 Å². The van der Waals surface area contributed by atoms with Gasteiger partial charge in [-0.2, -0.15) is 0 Å². The standard InChI is InChI=1S/C13H13FN2O3/c1-5-13(3,4)15-12(17)10-7-9(16(18)19)6-8(2)11(10)14/h1,6-7H,2-4H3,(H,15,17). The molecule has 1 aromatic rings. The van der Waals surface area contributed by atoms with E-state index in [9.17, 15) is 19.3 Å². The Labute approximate surface area is 110 Å². The number of carbonyl (C=O) groups excluding carboxylic acids is 1. The molecule has 1 aromatic carbocycles. The SMILES string of the molecule is C#CC(C)(C)NC(=O)c1cc([N+](=O)[O-])cc(C)c1F. The van der Waals surface area contributed by atoms with Crippen molar-refractivity contribution in [1.29, 1.82) is 0 Å². The molecule has 0 bridgehead atoms. The van der Waals surface area contributed by atoms with E-state index in [1.54, 1.807) is 13.8 Å². The van der Waals surface area contributed by atoms with Gasteiger partial charge in [0, 0.05) is 12.1 Å². The van der Waals surface area contributed by atoms with Crippen molar-refractivity contribution in [2.75, 3.05) is 0 Å². The van der Waals surface area contributed by atoms with Gasteiger partial charge in [0.25, 0.3) is 11.6 Å². The van der Waals surface area contributed by atoms with Crippen LogP contribution in [0.4, 0.5) is 10.1 Å². The summed E-state index contributed by atoms with van der Waals surface area (Å²) in [5, 5.41) is 13.1. The van der Waals surface area contributed by atoms with E-state index in [1.807, 2.05) is 0 Å². The van der Waals surface area contributed by atoms with Crippen molar-refractivity contribution in [3.05, 3.63) is 39.2 Å². The van der Waals surface area contributed by atoms with Gasteiger partial charge in [0.1, 0.15) is 5.82 Å². The smallest absolute Gasteiger partial charge is 0.270 e. The molecule has 5 nitrogen and oxygen atoms in total. The first-order valence-electron chi connectivity index (χ1n) is 5.43. The minimum Gasteiger partial charge on any atom is -0.336 e. The van der Waals surface area contributed by atoms with Crippen LogP contribution >= 0.6 is 0 Å². The van der Waals surface area contributed by atoms with E-state index < -0.39 is 27.8 Å². The van der Waals surface area contributed by atoms with Crippen molar-refractivity contribution in [1.82, 2.24) is 5.32 Å². The van der Waals surface area contributed by atoms with Gasteiger partial charge < -0.3 is 5.32 Å². The van der Waals surface area contributed by atoms with Gasteiger partial charge in [0.15, 0.2) is 0 Å². The molecule has 0 aliphatic carbocycles. The fourth-order valence-electron chi connectivity index (χ4n) is 1.41. The molecule has 0 heterocycles. The molecule has 19 heavy (non-hydrogen) atoms. The number of carbonyl (C=O) groups is 1. The fourth-order valence-corrected chi connectivity index (χ4v) is 1.41. The summed E-state index contributed by atoms with van der Waals surface area (Å²) in [7, 11) is 0. The molecule has 0 aromatic heterocycles. The number of nitrogens with one attached hydrogen (secondary N) is 1. The van der Waals surface area contributed by atoms with Crippen LogP contribution in [0.25, 0.3) is 0 Å². The van der Waals surface area contributed by atoms with E-state index >= 15 is 0 Å². The quantitative estimate of drug-likeness (QED) is 0.516. The molecule has 6 heteroatoms. The van der Waals surface area contributed by atoms with Gasteiger partial charge in [-0.3, -0.25) is 14.9 Å². The van der Waals surface area contributed by atoms with E-state index in [0.717, 1.165) is 12.1 Å². The highest BCUT2D eigenvalue weighted by Crippen LogP contribution is 2.21. The molecule has 1 N–H and O–H groups in total. The lowest BCUT2D eigenvalue weighted by atomic mass is 10.0. The van der Waals surface area contributed by atoms with Crippen LogP contribution in [0.1, 0.15) is 29.8 Å². The third-order valence-electron chi connectivity index (χ3n) is 2.48. The minimum atomic E-state index is -0.970. The van der Waals surface area contributed by atoms with Gasteiger partial charge in [-0.25, -0.2) is 4.39 Å². The van der Waals surface area contributed by atoms with E-state index in [1.165, 1.54) is 6.92 Å². The third-order valence-corrected chi connectivity index (χ3v) is 2.48. The van der Waals surface area contributed by atoms with Crippen molar-refractivity contribution >= 4 is 11.6 Å². The molecule has 0 saturated carbocycles. The van der Waals surface area contributed by atoms with Gasteiger partial charge in [-0.1, -0.05) is 5.92 Å². The minimum absolute atomic E-state index is 0.0258. The molecule has 1 amide bonds. The van der Waals surface area contributed by atoms with Crippen LogP contribution in [-0.2, 0) is 0 Å². The zero-order chi connectivity index (χ0) is 14.8. The first-order chi connectivity index (χ1) is 8.68. The topological polar surface area (TPSA) is 72.2 Å². The number of hydrogen-bond acceptors (Lipinski definition) is 3. The van der Waals surface area contributed by atoms with Crippen LogP contribution in [0.15, 0.2) is 12.1 Å². The average Bonchev–Trinajstić information content (AvgIpc) is 2.31. The molecule has 0 fully saturated rings. The zero-order valence-electron chi connectivity index (χ0n) is 10.8. The Morgan fingerprint density at radius 2 is 2.11 bits per heavy atom. The highest BCUT2D eigenvalue weighted by molar-refractivity contribution is 5.96. The van der Waals surface area contributed by atoms with E-state index in [4.69, 9.17) is 6.42 Å². The lowest BCUT2D eigenvalue weighted by Crippen LogP contribution is -2.42. The highest BCUT2D eigenvalue weighted by Gasteiger charge is 2.24. The summed E-state index contributed by atoms with van der Waals surface area (Å²) in [5.41, 5.74) is -1.68. The number of terminal acetylenes is 1. The van der Waals surface area contributed by atoms with Crippen LogP contribution in [0.5, 0.6) is 0 Å². The van der Waals surface area contributed by atoms with Crippen molar-refractivity contribution in [2.45, 2.75) is 26.3 Å². The van der Waals surface area contributed by atoms with Crippen LogP contribution in [0, 0.1) is 35.2 Å². The second-order valence-electron chi connectivity index (χ2n) is 4.60. The molecular weight excluding hydrogens is 251 g/mol. The molecule has 0 aliphatic heterocycles. The first kappa shape index (κ1) is 14.6. The normalized spacial score (nSPS) is 10.7. The molecule has 0 aliphatic rings. The third kappa shape index (κ3) is 3.28. The summed E-state index contributed by atoms with van der Waals surface area (Å²) in [6.07, 6.45) is 5.21. The monoisotopic (exact) mass is 264 g/mol. The lowest BCUT2D eigenvalue weighted by molar-refractivity contribution is -0.385. The number of aryl methyl sites for hydroxylation is 1. The number of nitrogens with zero attached hydrogens (tertiary/aromatic N) is 1. The van der Waals surface area contributed by atoms with Gasteiger partial charge in [0.05, 0.1) is 16.0 Å². The lowest BCUT2D eigenvalue weighted by Gasteiger charge is -2.19. The second kappa shape index (κ2) is 5.06. The number of rotatable bonds is 3. The summed E-state index contributed by atoms with van der Waals surface area (Å²) >= 11 is 0. The zero-order valence-corrected chi connectivity index (χ0v) is 10.8. The molecule has 100 valence electrons. The van der Waals surface area contributed by atoms with E-state index in [2.05, 4.69) is 11.2 Å². The molecule has 1 rings (SSSR count). The van der Waals surface area contributed by atoms with Crippen LogP contribution < -0.4 is 5.32 Å². The Hall–Kier alpha value is -2.42. The van der Waals surface area contributed by atoms with Gasteiger partial charge in [-0.15, -0.1) is 6.42 Å². The molecular formula is C13H13FN2O3. The largest absolute Gasteiger partial charge is 0.336 e. The maximum absolute atomic E-state index is 13.8. The maximum atomic E-state index is 13.8. The number of hydrogen-bond donors (Lipinski definition) is 1. The fraction of sp³-hybridized carbons (Fsp3) is 0.308. The number of non-ortho nitro benzene ring substituents is 1. The summed E-state index contributed by atoms with van der Waals surface area (Å²) < 4.78 is 13.8. The Morgan fingerprint density at radius 1 is 1.53 bits per heavy atom. The van der Waals surface area contributed by atoms with Crippen LogP contribution in [-0.4, -0.2) is 16.4 Å². The number of amides is 1. The number of benzene rings is 1. The Bertz CT molecular complexity index is 588. The predicted octanol–water partition coefficient (Wildman–Crippen LogP) is 2.18. The Balaban J connectivity index is 3.24. The molecule has 0 radical (unpaired) electrons. The Morgan fingerprint density at radius 3 is 2.58 bits per heavy atom. The molecule has 0 spiro atoms. The summed E-state index contributed by atoms with van der Waals surface area (Å²) in [6, 6.07) is 1.96. The van der Waals surface area contributed by atoms with Crippen molar-refractivity contribution in [3.63, 3.8) is 0 Å². The summed E-state index contributed by atoms with van der Waals surface area (Å²) in [5.74, 6) is 0.745. The number of nitro benzene ring substituents is 1. The summed E-state index contributed by atoms with van der Waals surface area (Å²) in [6.45, 7) is 4.48. The number of halogens is 1. The van der Waals surface area contributed by atoms with Gasteiger partial charge >= 0.3 is 0 Å². The highest BCUT2D eigenvalue weighted by atomic mass is 19.1. The van der Waals surface area contributed by atoms with Gasteiger partial charge in [0.2, 0.25) is 0 Å². The second-order valence-corrected chi connectivity index (χ2v) is 4.60. The number of nitro groups is 1. The average molecular weight is 264 g/mol. The van der Waals surface area contributed by atoms with Crippen LogP contribution in [0.2, 0.25) is 0 Å². The van der Waals surface area contributed by atoms with Crippen molar-refractivity contribution in [2.24, 2.45) is 0 Å². The van der Waals surface area contributed by atoms with Gasteiger partial charge in [-0.05, 0) is 26.3 Å². The molecule has 0 saturated heterocycles. The molecule has 0 unspecified atom stereocenters. The summed E-state index contributed by atoms with van der Waals surface area (Å²) in [4.78, 5) is 21.9. The van der Waals surface area contributed by atoms with E-state index in [0.29, 0.717) is 0 Å². The molecule has 0 atom stereocenters. The Kier molecular flexibility index (Phi) is 3.90. The predicted molar refractivity (Wildman–Crippen MR) is 68.2 cm³/mol. The van der Waals surface area contributed by atoms with Crippen molar-refractivity contribution < 1.29 is 14.1 Å². The van der Waals surface area contributed by atoms with Crippen LogP contribution in [0.3, 0.4) is 0 Å².